The van der Waals surface area contributed by atoms with Gasteiger partial charge in [-0.3, -0.25) is 29.4 Å². The van der Waals surface area contributed by atoms with Crippen LogP contribution in [0.3, 0.4) is 0 Å². The van der Waals surface area contributed by atoms with Crippen molar-refractivity contribution in [2.45, 2.75) is 108 Å². The Morgan fingerprint density at radius 3 is 2.48 bits per heavy atom. The minimum Gasteiger partial charge on any atom is -0.483 e. The fourth-order valence-electron chi connectivity index (χ4n) is 9.11. The summed E-state index contributed by atoms with van der Waals surface area (Å²) >= 11 is 0. The zero-order chi connectivity index (χ0) is 43.9. The Bertz CT molecular complexity index is 2240. The van der Waals surface area contributed by atoms with E-state index in [0.717, 1.165) is 102 Å². The number of ether oxygens (including phenoxy) is 1. The molecule has 334 valence electrons. The second-order valence-corrected chi connectivity index (χ2v) is 17.8. The van der Waals surface area contributed by atoms with Gasteiger partial charge in [0, 0.05) is 68.9 Å². The Kier molecular flexibility index (Phi) is 13.8. The summed E-state index contributed by atoms with van der Waals surface area (Å²) in [4.78, 5) is 88.2. The maximum Gasteiger partial charge on any atom is 0.358 e. The molecule has 2 aromatic carbocycles. The van der Waals surface area contributed by atoms with Crippen molar-refractivity contribution in [3.05, 3.63) is 70.4 Å². The zero-order valence-corrected chi connectivity index (χ0v) is 36.3. The zero-order valence-electron chi connectivity index (χ0n) is 36.3. The summed E-state index contributed by atoms with van der Waals surface area (Å²) in [6.07, 6.45) is 14.6. The molecule has 4 heterocycles. The summed E-state index contributed by atoms with van der Waals surface area (Å²) in [7, 11) is 1.40. The molecule has 2 aliphatic carbocycles. The number of hydrogen-bond donors (Lipinski definition) is 5. The Hall–Kier alpha value is -5.74. The SMILES string of the molecule is C[N+]1(C2CCC(=O)NC2=O)C(=O)c2cccc(OCC(=O)NCCCCCCCN3CCc4cc(Nc5ncc(C6CC6)c(NCCCNC(=O)C6CCC6)n5)ccc4C3)c2C1=O. The molecule has 2 saturated carbocycles. The van der Waals surface area contributed by atoms with Crippen molar-refractivity contribution in [2.24, 2.45) is 5.92 Å². The highest BCUT2D eigenvalue weighted by atomic mass is 16.5. The van der Waals surface area contributed by atoms with Crippen molar-refractivity contribution in [3.8, 4) is 5.75 Å². The second kappa shape index (κ2) is 19.8. The number of nitrogens with one attached hydrogen (secondary N) is 5. The lowest BCUT2D eigenvalue weighted by Gasteiger charge is -2.33. The topological polar surface area (TPSA) is 201 Å². The van der Waals surface area contributed by atoms with Crippen molar-refractivity contribution >= 4 is 52.9 Å². The molecular formula is C47H60N9O7+. The highest BCUT2D eigenvalue weighted by Gasteiger charge is 2.59. The monoisotopic (exact) mass is 862 g/mol. The van der Waals surface area contributed by atoms with Crippen LogP contribution < -0.4 is 31.3 Å². The molecule has 5 aliphatic rings. The third-order valence-corrected chi connectivity index (χ3v) is 13.3. The first-order valence-corrected chi connectivity index (χ1v) is 22.9. The van der Waals surface area contributed by atoms with Crippen LogP contribution in [0.4, 0.5) is 17.5 Å². The number of piperidine rings is 1. The smallest absolute Gasteiger partial charge is 0.358 e. The lowest BCUT2D eigenvalue weighted by atomic mass is 9.85. The van der Waals surface area contributed by atoms with Crippen molar-refractivity contribution in [1.82, 2.24) is 30.8 Å². The average Bonchev–Trinajstić information content (AvgIpc) is 4.08. The molecule has 0 spiro atoms. The molecule has 3 aliphatic heterocycles. The molecule has 8 rings (SSSR count). The first-order valence-electron chi connectivity index (χ1n) is 22.9. The number of anilines is 3. The average molecular weight is 863 g/mol. The summed E-state index contributed by atoms with van der Waals surface area (Å²) in [5.41, 5.74) is 5.05. The molecule has 5 N–H and O–H groups in total. The number of hydrogen-bond acceptors (Lipinski definition) is 12. The molecule has 6 amide bonds. The quantitative estimate of drug-likeness (QED) is 0.0554. The predicted molar refractivity (Wildman–Crippen MR) is 235 cm³/mol. The van der Waals surface area contributed by atoms with E-state index in [1.165, 1.54) is 48.7 Å². The number of rotatable bonds is 21. The Balaban J connectivity index is 0.705. The van der Waals surface area contributed by atoms with Gasteiger partial charge in [0.15, 0.2) is 12.6 Å². The molecule has 0 bridgehead atoms. The minimum atomic E-state index is -1.03. The van der Waals surface area contributed by atoms with Gasteiger partial charge in [0.1, 0.15) is 22.7 Å². The number of benzene rings is 2. The third kappa shape index (κ3) is 10.2. The normalized spacial score (nSPS) is 20.9. The molecule has 1 aromatic heterocycles. The summed E-state index contributed by atoms with van der Waals surface area (Å²) in [5, 5.41) is 15.1. The summed E-state index contributed by atoms with van der Waals surface area (Å²) in [6, 6.07) is 10.2. The summed E-state index contributed by atoms with van der Waals surface area (Å²) in [5.74, 6) is -0.0281. The first-order chi connectivity index (χ1) is 30.6. The van der Waals surface area contributed by atoms with Gasteiger partial charge in [-0.05, 0) is 99.2 Å². The summed E-state index contributed by atoms with van der Waals surface area (Å²) in [6.45, 7) is 4.59. The van der Waals surface area contributed by atoms with Gasteiger partial charge >= 0.3 is 11.8 Å². The van der Waals surface area contributed by atoms with Gasteiger partial charge in [0.25, 0.3) is 11.8 Å². The van der Waals surface area contributed by atoms with E-state index in [9.17, 15) is 28.8 Å². The van der Waals surface area contributed by atoms with Crippen LogP contribution >= 0.6 is 0 Å². The number of nitrogens with zero attached hydrogens (tertiary/aromatic N) is 4. The van der Waals surface area contributed by atoms with E-state index in [1.54, 1.807) is 6.07 Å². The van der Waals surface area contributed by atoms with Gasteiger partial charge in [-0.25, -0.2) is 14.6 Å². The highest BCUT2D eigenvalue weighted by molar-refractivity contribution is 6.17. The highest BCUT2D eigenvalue weighted by Crippen LogP contribution is 2.43. The largest absolute Gasteiger partial charge is 0.483 e. The number of amides is 6. The second-order valence-electron chi connectivity index (χ2n) is 17.8. The van der Waals surface area contributed by atoms with Gasteiger partial charge < -0.3 is 26.0 Å². The number of quaternary nitrogens is 1. The van der Waals surface area contributed by atoms with E-state index in [4.69, 9.17) is 9.72 Å². The van der Waals surface area contributed by atoms with Gasteiger partial charge in [-0.2, -0.15) is 9.47 Å². The maximum absolute atomic E-state index is 13.6. The lowest BCUT2D eigenvalue weighted by molar-refractivity contribution is -0.760. The molecule has 3 aromatic rings. The Labute approximate surface area is 368 Å². The van der Waals surface area contributed by atoms with Crippen LogP contribution in [-0.2, 0) is 32.1 Å². The van der Waals surface area contributed by atoms with Crippen molar-refractivity contribution in [1.29, 1.82) is 0 Å². The van der Waals surface area contributed by atoms with E-state index in [1.807, 2.05) is 6.20 Å². The number of carbonyl (C=O) groups is 6. The van der Waals surface area contributed by atoms with E-state index < -0.39 is 34.2 Å². The molecule has 16 heteroatoms. The van der Waals surface area contributed by atoms with Gasteiger partial charge in [0.2, 0.25) is 17.8 Å². The van der Waals surface area contributed by atoms with Crippen molar-refractivity contribution in [2.75, 3.05) is 57.0 Å². The first kappa shape index (κ1) is 43.9. The standard InChI is InChI=1S/C47H59N9O7/c1-56(37-18-19-39(57)53-44(37)60)45(61)35-12-8-13-38(41(35)46(56)62)63-29-40(58)48-21-5-3-2-4-6-24-55-25-20-32-26-34(17-16-33(32)28-55)52-47-51-27-36(30-14-15-30)42(54-47)49-22-9-23-50-43(59)31-10-7-11-31/h8,12-13,16-17,26-27,30-31,37H,2-7,9-11,14-15,18-25,28-29H2,1H3,(H4-,48,49,50,51,52,53,54,57,58,59,60)/p+1. The molecular weight excluding hydrogens is 803 g/mol. The number of likely N-dealkylation sites (N-methyl/N-ethyl adjacent to an activating group) is 1. The van der Waals surface area contributed by atoms with E-state index >= 15 is 0 Å². The van der Waals surface area contributed by atoms with E-state index in [2.05, 4.69) is 54.7 Å². The molecule has 1 saturated heterocycles. The van der Waals surface area contributed by atoms with Crippen molar-refractivity contribution < 1.29 is 38.0 Å². The molecule has 3 fully saturated rings. The van der Waals surface area contributed by atoms with Gasteiger partial charge in [-0.1, -0.05) is 37.8 Å². The van der Waals surface area contributed by atoms with E-state index in [0.29, 0.717) is 25.0 Å². The van der Waals surface area contributed by atoms with Crippen LogP contribution in [-0.4, -0.2) is 107 Å². The van der Waals surface area contributed by atoms with Crippen LogP contribution in [0.25, 0.3) is 0 Å². The number of carbonyl (C=O) groups excluding carboxylic acids is 6. The van der Waals surface area contributed by atoms with Crippen molar-refractivity contribution in [3.63, 3.8) is 0 Å². The van der Waals surface area contributed by atoms with Crippen LogP contribution in [0.2, 0.25) is 0 Å². The summed E-state index contributed by atoms with van der Waals surface area (Å²) < 4.78 is 4.94. The Morgan fingerprint density at radius 2 is 1.68 bits per heavy atom. The van der Waals surface area contributed by atoms with Crippen LogP contribution in [0, 0.1) is 5.92 Å². The minimum absolute atomic E-state index is 0.0414. The van der Waals surface area contributed by atoms with Crippen LogP contribution in [0.5, 0.6) is 5.75 Å². The Morgan fingerprint density at radius 1 is 0.873 bits per heavy atom. The fourth-order valence-corrected chi connectivity index (χ4v) is 9.11. The molecule has 16 nitrogen and oxygen atoms in total. The van der Waals surface area contributed by atoms with Crippen LogP contribution in [0.15, 0.2) is 42.6 Å². The fraction of sp³-hybridized carbons (Fsp3) is 0.532. The number of fused-ring (bicyclic) bond motifs is 2. The third-order valence-electron chi connectivity index (χ3n) is 13.3. The predicted octanol–water partition coefficient (Wildman–Crippen LogP) is 4.87. The lowest BCUT2D eigenvalue weighted by Crippen LogP contribution is -2.64. The molecule has 63 heavy (non-hydrogen) atoms. The number of unbranched alkanes of at least 4 members (excludes halogenated alkanes) is 4. The molecule has 0 radical (unpaired) electrons. The maximum atomic E-state index is 13.6. The number of aromatic nitrogens is 2. The van der Waals surface area contributed by atoms with Crippen LogP contribution in [0.1, 0.15) is 127 Å². The van der Waals surface area contributed by atoms with E-state index in [-0.39, 0.29) is 54.1 Å². The van der Waals surface area contributed by atoms with Gasteiger partial charge in [-0.15, -0.1) is 0 Å². The molecule has 2 atom stereocenters. The number of imide groups is 2. The molecule has 2 unspecified atom stereocenters. The van der Waals surface area contributed by atoms with Gasteiger partial charge in [0.05, 0.1) is 7.05 Å².